The molecule has 148 valence electrons. The Hall–Kier alpha value is -0.350. The molecule has 0 aromatic heterocycles. The molecule has 2 unspecified atom stereocenters. The minimum absolute atomic E-state index is 0.198. The summed E-state index contributed by atoms with van der Waals surface area (Å²) in [7, 11) is 0.198. The molecule has 26 heavy (non-hydrogen) atoms. The van der Waals surface area contributed by atoms with Crippen LogP contribution in [0.4, 0.5) is 0 Å². The molecule has 1 aromatic rings. The average Bonchev–Trinajstić information content (AvgIpc) is 3.34. The number of unbranched alkanes of at least 4 members (excludes halogenated alkanes) is 11. The molecule has 1 heterocycles. The normalized spacial score (nSPS) is 19.1. The zero-order valence-electron chi connectivity index (χ0n) is 18.1. The molecule has 1 saturated heterocycles. The van der Waals surface area contributed by atoms with Gasteiger partial charge < -0.3 is 0 Å². The van der Waals surface area contributed by atoms with Gasteiger partial charge in [-0.25, -0.2) is 0 Å². The van der Waals surface area contributed by atoms with Crippen molar-refractivity contribution >= 4 is 13.2 Å². The highest BCUT2D eigenvalue weighted by Crippen LogP contribution is 2.60. The van der Waals surface area contributed by atoms with Crippen molar-refractivity contribution in [2.24, 2.45) is 0 Å². The fourth-order valence-corrected chi connectivity index (χ4v) is 7.41. The van der Waals surface area contributed by atoms with Crippen molar-refractivity contribution in [2.75, 3.05) is 6.16 Å². The van der Waals surface area contributed by atoms with Crippen LogP contribution in [0.15, 0.2) is 12.1 Å². The van der Waals surface area contributed by atoms with Crippen LogP contribution in [0.1, 0.15) is 107 Å². The predicted octanol–water partition coefficient (Wildman–Crippen LogP) is 8.19. The van der Waals surface area contributed by atoms with Crippen molar-refractivity contribution < 1.29 is 0 Å². The lowest BCUT2D eigenvalue weighted by molar-refractivity contribution is 0.541. The van der Waals surface area contributed by atoms with Gasteiger partial charge in [-0.3, -0.25) is 0 Å². The molecule has 2 atom stereocenters. The first-order chi connectivity index (χ1) is 12.6. The molecule has 0 amide bonds. The van der Waals surface area contributed by atoms with E-state index in [1.807, 2.05) is 0 Å². The Morgan fingerprint density at radius 2 is 1.19 bits per heavy atom. The molecule has 1 heteroatoms. The zero-order chi connectivity index (χ0) is 18.8. The van der Waals surface area contributed by atoms with Gasteiger partial charge >= 0.3 is 0 Å². The van der Waals surface area contributed by atoms with Crippen molar-refractivity contribution in [3.8, 4) is 0 Å². The SMILES string of the molecule is CCCCCCCCCCCCCCC1CP1c1c(C)cc(C)cc1C. The first-order valence-electron chi connectivity index (χ1n) is 11.5. The highest BCUT2D eigenvalue weighted by atomic mass is 31.1. The van der Waals surface area contributed by atoms with E-state index in [9.17, 15) is 0 Å². The van der Waals surface area contributed by atoms with Crippen LogP contribution in [0.3, 0.4) is 0 Å². The standard InChI is InChI=1S/C25H43P/c1-5-6-7-8-9-10-11-12-13-14-15-16-17-24-20-26(24)25-22(3)18-21(2)19-23(25)4/h18-19,24H,5-17,20H2,1-4H3. The Morgan fingerprint density at radius 1 is 0.731 bits per heavy atom. The largest absolute Gasteiger partial charge is 0.0706 e. The Balaban J connectivity index is 1.46. The van der Waals surface area contributed by atoms with Crippen LogP contribution in [0.2, 0.25) is 0 Å². The smallest absolute Gasteiger partial charge is 0.0126 e. The monoisotopic (exact) mass is 374 g/mol. The second-order valence-electron chi connectivity index (χ2n) is 8.73. The van der Waals surface area contributed by atoms with Crippen LogP contribution in [-0.4, -0.2) is 11.8 Å². The lowest BCUT2D eigenvalue weighted by atomic mass is 10.0. The molecule has 0 saturated carbocycles. The molecule has 0 aliphatic carbocycles. The molecule has 0 nitrogen and oxygen atoms in total. The second-order valence-corrected chi connectivity index (χ2v) is 11.2. The Morgan fingerprint density at radius 3 is 1.69 bits per heavy atom. The topological polar surface area (TPSA) is 0 Å². The third-order valence-corrected chi connectivity index (χ3v) is 9.00. The minimum atomic E-state index is 0.198. The molecule has 1 aliphatic rings. The van der Waals surface area contributed by atoms with Gasteiger partial charge in [0, 0.05) is 0 Å². The van der Waals surface area contributed by atoms with Crippen LogP contribution >= 0.6 is 7.92 Å². The summed E-state index contributed by atoms with van der Waals surface area (Å²) in [4.78, 5) is 0. The van der Waals surface area contributed by atoms with Gasteiger partial charge in [-0.15, -0.1) is 0 Å². The maximum atomic E-state index is 2.39. The molecular weight excluding hydrogens is 331 g/mol. The summed E-state index contributed by atoms with van der Waals surface area (Å²) in [6.45, 7) is 9.19. The molecule has 1 aliphatic heterocycles. The Bertz CT molecular complexity index is 496. The third-order valence-electron chi connectivity index (χ3n) is 6.03. The molecule has 0 radical (unpaired) electrons. The van der Waals surface area contributed by atoms with Gasteiger partial charge in [0.15, 0.2) is 0 Å². The van der Waals surface area contributed by atoms with Gasteiger partial charge in [-0.2, -0.15) is 0 Å². The number of hydrogen-bond acceptors (Lipinski definition) is 0. The number of rotatable bonds is 14. The van der Waals surface area contributed by atoms with E-state index < -0.39 is 0 Å². The summed E-state index contributed by atoms with van der Waals surface area (Å²) in [5.74, 6) is 0. The van der Waals surface area contributed by atoms with E-state index in [2.05, 4.69) is 39.8 Å². The molecule has 0 spiro atoms. The van der Waals surface area contributed by atoms with Crippen LogP contribution < -0.4 is 5.30 Å². The highest BCUT2D eigenvalue weighted by Gasteiger charge is 2.38. The quantitative estimate of drug-likeness (QED) is 0.227. The fourth-order valence-electron chi connectivity index (χ4n) is 4.55. The first kappa shape index (κ1) is 21.9. The van der Waals surface area contributed by atoms with E-state index in [1.54, 1.807) is 16.4 Å². The zero-order valence-corrected chi connectivity index (χ0v) is 19.0. The summed E-state index contributed by atoms with van der Waals surface area (Å²) in [6.07, 6.45) is 20.6. The Labute approximate surface area is 165 Å². The van der Waals surface area contributed by atoms with Gasteiger partial charge in [0.1, 0.15) is 0 Å². The summed E-state index contributed by atoms with van der Waals surface area (Å²) >= 11 is 0. The van der Waals surface area contributed by atoms with Gasteiger partial charge in [0.2, 0.25) is 0 Å². The summed E-state index contributed by atoms with van der Waals surface area (Å²) in [5, 5.41) is 1.74. The fraction of sp³-hybridized carbons (Fsp3) is 0.760. The van der Waals surface area contributed by atoms with Gasteiger partial charge in [-0.05, 0) is 55.4 Å². The predicted molar refractivity (Wildman–Crippen MR) is 122 cm³/mol. The van der Waals surface area contributed by atoms with Crippen molar-refractivity contribution in [3.63, 3.8) is 0 Å². The van der Waals surface area contributed by atoms with Gasteiger partial charge in [0.05, 0.1) is 0 Å². The molecule has 1 fully saturated rings. The van der Waals surface area contributed by atoms with E-state index in [1.165, 1.54) is 95.2 Å². The lowest BCUT2D eigenvalue weighted by Crippen LogP contribution is -2.07. The van der Waals surface area contributed by atoms with E-state index in [4.69, 9.17) is 0 Å². The van der Waals surface area contributed by atoms with E-state index in [0.29, 0.717) is 0 Å². The summed E-state index contributed by atoms with van der Waals surface area (Å²) in [6, 6.07) is 4.79. The van der Waals surface area contributed by atoms with Crippen molar-refractivity contribution in [1.29, 1.82) is 0 Å². The molecule has 2 rings (SSSR count). The highest BCUT2D eigenvalue weighted by molar-refractivity contribution is 7.73. The molecule has 1 aromatic carbocycles. The van der Waals surface area contributed by atoms with Gasteiger partial charge in [-0.1, -0.05) is 110 Å². The van der Waals surface area contributed by atoms with E-state index in [-0.39, 0.29) is 7.92 Å². The van der Waals surface area contributed by atoms with Crippen molar-refractivity contribution in [3.05, 3.63) is 28.8 Å². The van der Waals surface area contributed by atoms with Crippen LogP contribution in [0.5, 0.6) is 0 Å². The lowest BCUT2D eigenvalue weighted by Gasteiger charge is -2.11. The van der Waals surface area contributed by atoms with E-state index >= 15 is 0 Å². The van der Waals surface area contributed by atoms with Crippen molar-refractivity contribution in [1.82, 2.24) is 0 Å². The first-order valence-corrected chi connectivity index (χ1v) is 13.1. The van der Waals surface area contributed by atoms with Gasteiger partial charge in [0.25, 0.3) is 0 Å². The minimum Gasteiger partial charge on any atom is -0.0706 e. The van der Waals surface area contributed by atoms with Crippen LogP contribution in [-0.2, 0) is 0 Å². The summed E-state index contributed by atoms with van der Waals surface area (Å²) in [5.41, 5.74) is 5.60. The number of benzene rings is 1. The molecule has 0 N–H and O–H groups in total. The maximum absolute atomic E-state index is 2.39. The second kappa shape index (κ2) is 12.2. The number of aryl methyl sites for hydroxylation is 3. The average molecular weight is 375 g/mol. The number of hydrogen-bond donors (Lipinski definition) is 0. The Kier molecular flexibility index (Phi) is 10.3. The van der Waals surface area contributed by atoms with Crippen molar-refractivity contribution in [2.45, 2.75) is 117 Å². The summed E-state index contributed by atoms with van der Waals surface area (Å²) < 4.78 is 0. The van der Waals surface area contributed by atoms with Crippen LogP contribution in [0, 0.1) is 20.8 Å². The van der Waals surface area contributed by atoms with Crippen LogP contribution in [0.25, 0.3) is 0 Å². The molecular formula is C25H43P. The maximum Gasteiger partial charge on any atom is -0.0126 e. The third kappa shape index (κ3) is 7.72. The molecule has 0 bridgehead atoms. The van der Waals surface area contributed by atoms with E-state index in [0.717, 1.165) is 5.66 Å².